The zero-order valence-electron chi connectivity index (χ0n) is 5.76. The number of rotatable bonds is 1. The van der Waals surface area contributed by atoms with E-state index in [1.165, 1.54) is 0 Å². The number of hydrogen-bond acceptors (Lipinski definition) is 1. The summed E-state index contributed by atoms with van der Waals surface area (Å²) in [5.74, 6) is 0. The molecule has 0 saturated heterocycles. The van der Waals surface area contributed by atoms with Crippen LogP contribution in [0.4, 0.5) is 0 Å². The summed E-state index contributed by atoms with van der Waals surface area (Å²) in [4.78, 5) is 0. The molecule has 0 fully saturated rings. The molecule has 10 heavy (non-hydrogen) atoms. The molecule has 0 atom stereocenters. The summed E-state index contributed by atoms with van der Waals surface area (Å²) in [6.45, 7) is 1.93. The topological polar surface area (TPSA) is 20.2 Å². The van der Waals surface area contributed by atoms with Crippen molar-refractivity contribution in [3.8, 4) is 0 Å². The molecule has 1 aromatic carbocycles. The molecule has 3 heteroatoms. The molecule has 1 nitrogen and oxygen atoms in total. The quantitative estimate of drug-likeness (QED) is 0.588. The average molecular weight is 154 g/mol. The second kappa shape index (κ2) is 3.08. The van der Waals surface area contributed by atoms with Crippen LogP contribution >= 0.6 is 11.6 Å². The number of halogens is 1. The molecule has 0 aliphatic rings. The Hall–Kier alpha value is -0.465. The monoisotopic (exact) mass is 154 g/mol. The molecule has 1 N–H and O–H groups in total. The average Bonchev–Trinajstić information content (AvgIpc) is 1.88. The fourth-order valence-corrected chi connectivity index (χ4v) is 1.15. The molecule has 0 radical (unpaired) electrons. The van der Waals surface area contributed by atoms with Crippen molar-refractivity contribution in [2.75, 3.05) is 0 Å². The van der Waals surface area contributed by atoms with Gasteiger partial charge in [0.15, 0.2) is 0 Å². The van der Waals surface area contributed by atoms with Crippen LogP contribution in [0.15, 0.2) is 18.2 Å². The molecule has 0 heterocycles. The lowest BCUT2D eigenvalue weighted by Crippen LogP contribution is -2.17. The van der Waals surface area contributed by atoms with Crippen LogP contribution in [-0.4, -0.2) is 12.5 Å². The van der Waals surface area contributed by atoms with Gasteiger partial charge in [-0.05, 0) is 18.5 Å². The van der Waals surface area contributed by atoms with Gasteiger partial charge in [-0.25, -0.2) is 0 Å². The first-order chi connectivity index (χ1) is 4.75. The van der Waals surface area contributed by atoms with E-state index in [4.69, 9.17) is 16.6 Å². The summed E-state index contributed by atoms with van der Waals surface area (Å²) in [6, 6.07) is 5.58. The lowest BCUT2D eigenvalue weighted by atomic mass is 9.85. The predicted molar refractivity (Wildman–Crippen MR) is 45.2 cm³/mol. The highest BCUT2D eigenvalue weighted by atomic mass is 35.5. The number of aryl methyl sites for hydroxylation is 1. The minimum Gasteiger partial charge on any atom is -0.449 e. The highest BCUT2D eigenvalue weighted by molar-refractivity contribution is 6.53. The van der Waals surface area contributed by atoms with E-state index in [2.05, 4.69) is 0 Å². The van der Waals surface area contributed by atoms with Gasteiger partial charge >= 0.3 is 7.48 Å². The van der Waals surface area contributed by atoms with Crippen LogP contribution in [0, 0.1) is 6.92 Å². The minimum atomic E-state index is 0.0194. The summed E-state index contributed by atoms with van der Waals surface area (Å²) in [5.41, 5.74) is 1.86. The lowest BCUT2D eigenvalue weighted by molar-refractivity contribution is 0.615. The Labute approximate surface area is 65.9 Å². The van der Waals surface area contributed by atoms with E-state index in [0.29, 0.717) is 5.02 Å². The van der Waals surface area contributed by atoms with Gasteiger partial charge in [-0.15, -0.1) is 0 Å². The fourth-order valence-electron chi connectivity index (χ4n) is 0.867. The third-order valence-corrected chi connectivity index (χ3v) is 1.87. The minimum absolute atomic E-state index is 0.0194. The Morgan fingerprint density at radius 2 is 2.20 bits per heavy atom. The van der Waals surface area contributed by atoms with Crippen molar-refractivity contribution >= 4 is 24.5 Å². The number of benzene rings is 1. The molecule has 0 saturated carbocycles. The second-order valence-corrected chi connectivity index (χ2v) is 2.60. The zero-order valence-corrected chi connectivity index (χ0v) is 6.52. The molecule has 0 aromatic heterocycles. The van der Waals surface area contributed by atoms with Gasteiger partial charge in [0.2, 0.25) is 0 Å². The summed E-state index contributed by atoms with van der Waals surface area (Å²) < 4.78 is 0. The summed E-state index contributed by atoms with van der Waals surface area (Å²) in [6.07, 6.45) is 0. The van der Waals surface area contributed by atoms with Crippen LogP contribution in [0.2, 0.25) is 5.02 Å². The normalized spacial score (nSPS) is 9.50. The molecule has 1 aromatic rings. The van der Waals surface area contributed by atoms with Gasteiger partial charge in [-0.3, -0.25) is 0 Å². The zero-order chi connectivity index (χ0) is 7.56. The predicted octanol–water partition coefficient (Wildman–Crippen LogP) is 0.618. The molecule has 1 rings (SSSR count). The Bertz CT molecular complexity index is 217. The van der Waals surface area contributed by atoms with Crippen molar-refractivity contribution in [2.24, 2.45) is 0 Å². The summed E-state index contributed by atoms with van der Waals surface area (Å²) >= 11 is 5.77. The molecular formula is C7H8BClO. The Morgan fingerprint density at radius 3 is 2.60 bits per heavy atom. The first-order valence-electron chi connectivity index (χ1n) is 3.10. The maximum absolute atomic E-state index is 8.81. The van der Waals surface area contributed by atoms with Gasteiger partial charge in [0.25, 0.3) is 0 Å². The standard InChI is InChI=1S/C7H8BClO/c1-5-3-2-4-6(9)7(5)8-10/h2-4,8,10H,1H3. The highest BCUT2D eigenvalue weighted by Gasteiger charge is 2.01. The Morgan fingerprint density at radius 1 is 1.50 bits per heavy atom. The van der Waals surface area contributed by atoms with Crippen molar-refractivity contribution in [3.63, 3.8) is 0 Å². The molecular weight excluding hydrogens is 146 g/mol. The highest BCUT2D eigenvalue weighted by Crippen LogP contribution is 2.05. The fraction of sp³-hybridized carbons (Fsp3) is 0.143. The first kappa shape index (κ1) is 7.64. The van der Waals surface area contributed by atoms with Crippen LogP contribution in [-0.2, 0) is 0 Å². The van der Waals surface area contributed by atoms with E-state index in [9.17, 15) is 0 Å². The van der Waals surface area contributed by atoms with Crippen molar-refractivity contribution in [1.29, 1.82) is 0 Å². The van der Waals surface area contributed by atoms with Gasteiger partial charge in [0, 0.05) is 5.02 Å². The lowest BCUT2D eigenvalue weighted by Gasteiger charge is -2.01. The van der Waals surface area contributed by atoms with Crippen molar-refractivity contribution < 1.29 is 5.02 Å². The van der Waals surface area contributed by atoms with Crippen molar-refractivity contribution in [2.45, 2.75) is 6.92 Å². The van der Waals surface area contributed by atoms with E-state index in [1.54, 1.807) is 6.07 Å². The van der Waals surface area contributed by atoms with E-state index in [0.717, 1.165) is 11.0 Å². The van der Waals surface area contributed by atoms with Gasteiger partial charge in [-0.2, -0.15) is 0 Å². The largest absolute Gasteiger partial charge is 0.449 e. The third kappa shape index (κ3) is 1.33. The van der Waals surface area contributed by atoms with Crippen LogP contribution in [0.5, 0.6) is 0 Å². The summed E-state index contributed by atoms with van der Waals surface area (Å²) in [7, 11) is 0.0194. The van der Waals surface area contributed by atoms with Gasteiger partial charge < -0.3 is 5.02 Å². The number of hydrogen-bond donors (Lipinski definition) is 1. The van der Waals surface area contributed by atoms with E-state index >= 15 is 0 Å². The van der Waals surface area contributed by atoms with Crippen LogP contribution in [0.25, 0.3) is 0 Å². The Balaban J connectivity index is 3.17. The molecule has 0 aliphatic heterocycles. The van der Waals surface area contributed by atoms with E-state index in [-0.39, 0.29) is 7.48 Å². The molecule has 0 spiro atoms. The van der Waals surface area contributed by atoms with Gasteiger partial charge in [0.1, 0.15) is 0 Å². The SMILES string of the molecule is Cc1cccc(Cl)c1BO. The first-order valence-corrected chi connectivity index (χ1v) is 3.48. The van der Waals surface area contributed by atoms with Crippen LogP contribution < -0.4 is 5.46 Å². The molecule has 52 valence electrons. The van der Waals surface area contributed by atoms with Crippen molar-refractivity contribution in [3.05, 3.63) is 28.8 Å². The Kier molecular flexibility index (Phi) is 2.36. The van der Waals surface area contributed by atoms with E-state index < -0.39 is 0 Å². The summed E-state index contributed by atoms with van der Waals surface area (Å²) in [5, 5.41) is 9.46. The van der Waals surface area contributed by atoms with Gasteiger partial charge in [-0.1, -0.05) is 29.3 Å². The molecule has 0 unspecified atom stereocenters. The smallest absolute Gasteiger partial charge is 0.306 e. The molecule has 0 bridgehead atoms. The second-order valence-electron chi connectivity index (χ2n) is 2.19. The third-order valence-electron chi connectivity index (χ3n) is 1.51. The maximum atomic E-state index is 8.81. The van der Waals surface area contributed by atoms with Gasteiger partial charge in [0.05, 0.1) is 0 Å². The van der Waals surface area contributed by atoms with Crippen molar-refractivity contribution in [1.82, 2.24) is 0 Å². The maximum Gasteiger partial charge on any atom is 0.306 e. The molecule has 0 amide bonds. The van der Waals surface area contributed by atoms with Crippen LogP contribution in [0.1, 0.15) is 5.56 Å². The van der Waals surface area contributed by atoms with E-state index in [1.807, 2.05) is 19.1 Å². The molecule has 0 aliphatic carbocycles. The van der Waals surface area contributed by atoms with Crippen LogP contribution in [0.3, 0.4) is 0 Å².